The fraction of sp³-hybridized carbons (Fsp3) is 0.333. The third-order valence-corrected chi connectivity index (χ3v) is 3.02. The smallest absolute Gasteiger partial charge is 0.269 e. The molecule has 0 aromatic heterocycles. The molecule has 1 aromatic rings. The van der Waals surface area contributed by atoms with Gasteiger partial charge in [0.2, 0.25) is 0 Å². The van der Waals surface area contributed by atoms with Gasteiger partial charge in [0.25, 0.3) is 5.69 Å². The van der Waals surface area contributed by atoms with Crippen LogP contribution in [0.4, 0.5) is 5.69 Å². The molecule has 1 unspecified atom stereocenters. The Bertz CT molecular complexity index is 481. The van der Waals surface area contributed by atoms with Crippen LogP contribution in [0.25, 0.3) is 0 Å². The van der Waals surface area contributed by atoms with Crippen LogP contribution in [0, 0.1) is 10.1 Å². The second-order valence-corrected chi connectivity index (χ2v) is 4.34. The molecule has 2 rings (SSSR count). The maximum absolute atomic E-state index is 10.6. The standard InChI is InChI=1S/C12H13NO3/c1-8(2)12(3)7-9-6-10(13(14)15)4-5-11(9)16-12/h4-6H,1,7H2,2-3H3. The molecule has 4 nitrogen and oxygen atoms in total. The summed E-state index contributed by atoms with van der Waals surface area (Å²) in [5.74, 6) is 0.719. The van der Waals surface area contributed by atoms with Crippen molar-refractivity contribution in [3.63, 3.8) is 0 Å². The van der Waals surface area contributed by atoms with E-state index in [1.165, 1.54) is 6.07 Å². The van der Waals surface area contributed by atoms with Crippen LogP contribution >= 0.6 is 0 Å². The summed E-state index contributed by atoms with van der Waals surface area (Å²) < 4.78 is 5.77. The fourth-order valence-electron chi connectivity index (χ4n) is 1.80. The van der Waals surface area contributed by atoms with Gasteiger partial charge in [-0.05, 0) is 25.5 Å². The van der Waals surface area contributed by atoms with E-state index in [-0.39, 0.29) is 5.69 Å². The second kappa shape index (κ2) is 3.33. The molecule has 0 bridgehead atoms. The van der Waals surface area contributed by atoms with Gasteiger partial charge in [-0.1, -0.05) is 6.58 Å². The summed E-state index contributed by atoms with van der Waals surface area (Å²) in [6, 6.07) is 4.69. The highest BCUT2D eigenvalue weighted by atomic mass is 16.6. The second-order valence-electron chi connectivity index (χ2n) is 4.34. The van der Waals surface area contributed by atoms with Gasteiger partial charge in [-0.15, -0.1) is 0 Å². The molecule has 16 heavy (non-hydrogen) atoms. The zero-order valence-corrected chi connectivity index (χ0v) is 9.32. The van der Waals surface area contributed by atoms with Gasteiger partial charge in [-0.2, -0.15) is 0 Å². The molecule has 0 amide bonds. The lowest BCUT2D eigenvalue weighted by atomic mass is 9.93. The van der Waals surface area contributed by atoms with Crippen molar-refractivity contribution in [1.82, 2.24) is 0 Å². The SMILES string of the molecule is C=C(C)C1(C)Cc2cc([N+](=O)[O-])ccc2O1. The molecule has 0 fully saturated rings. The van der Waals surface area contributed by atoms with Crippen LogP contribution in [0.2, 0.25) is 0 Å². The first-order valence-electron chi connectivity index (χ1n) is 5.05. The number of nitrogens with zero attached hydrogens (tertiary/aromatic N) is 1. The van der Waals surface area contributed by atoms with Crippen molar-refractivity contribution in [1.29, 1.82) is 0 Å². The number of ether oxygens (including phenoxy) is 1. The minimum atomic E-state index is -0.433. The van der Waals surface area contributed by atoms with Crippen LogP contribution < -0.4 is 4.74 Å². The van der Waals surface area contributed by atoms with Crippen LogP contribution in [0.5, 0.6) is 5.75 Å². The number of nitro benzene ring substituents is 1. The Morgan fingerprint density at radius 2 is 2.31 bits per heavy atom. The molecule has 0 radical (unpaired) electrons. The number of hydrogen-bond donors (Lipinski definition) is 0. The summed E-state index contributed by atoms with van der Waals surface area (Å²) >= 11 is 0. The first-order valence-corrected chi connectivity index (χ1v) is 5.05. The summed E-state index contributed by atoms with van der Waals surface area (Å²) in [6.07, 6.45) is 0.638. The summed E-state index contributed by atoms with van der Waals surface area (Å²) in [5.41, 5.74) is 1.47. The van der Waals surface area contributed by atoms with Gasteiger partial charge in [0, 0.05) is 24.1 Å². The summed E-state index contributed by atoms with van der Waals surface area (Å²) in [4.78, 5) is 10.3. The Morgan fingerprint density at radius 3 is 2.88 bits per heavy atom. The zero-order chi connectivity index (χ0) is 11.9. The monoisotopic (exact) mass is 219 g/mol. The van der Waals surface area contributed by atoms with Gasteiger partial charge < -0.3 is 4.74 Å². The van der Waals surface area contributed by atoms with E-state index in [9.17, 15) is 10.1 Å². The van der Waals surface area contributed by atoms with E-state index in [0.717, 1.165) is 16.9 Å². The molecule has 4 heteroatoms. The molecule has 0 aliphatic carbocycles. The molecule has 0 spiro atoms. The van der Waals surface area contributed by atoms with E-state index in [4.69, 9.17) is 4.74 Å². The third-order valence-electron chi connectivity index (χ3n) is 3.02. The van der Waals surface area contributed by atoms with Gasteiger partial charge in [0.05, 0.1) is 4.92 Å². The van der Waals surface area contributed by atoms with E-state index in [0.29, 0.717) is 6.42 Å². The first kappa shape index (κ1) is 10.7. The van der Waals surface area contributed by atoms with Gasteiger partial charge in [-0.25, -0.2) is 0 Å². The fourth-order valence-corrected chi connectivity index (χ4v) is 1.80. The number of non-ortho nitro benzene ring substituents is 1. The summed E-state index contributed by atoms with van der Waals surface area (Å²) in [6.45, 7) is 7.74. The highest BCUT2D eigenvalue weighted by molar-refractivity contribution is 5.48. The van der Waals surface area contributed by atoms with E-state index >= 15 is 0 Å². The number of hydrogen-bond acceptors (Lipinski definition) is 3. The van der Waals surface area contributed by atoms with Crippen molar-refractivity contribution < 1.29 is 9.66 Å². The molecule has 1 aliphatic rings. The Hall–Kier alpha value is -1.84. The van der Waals surface area contributed by atoms with Crippen LogP contribution in [0.1, 0.15) is 19.4 Å². The number of fused-ring (bicyclic) bond motifs is 1. The Morgan fingerprint density at radius 1 is 1.62 bits per heavy atom. The minimum absolute atomic E-state index is 0.105. The van der Waals surface area contributed by atoms with Crippen molar-refractivity contribution in [3.8, 4) is 5.75 Å². The molecular weight excluding hydrogens is 206 g/mol. The van der Waals surface area contributed by atoms with E-state index in [1.54, 1.807) is 12.1 Å². The van der Waals surface area contributed by atoms with Gasteiger partial charge in [0.1, 0.15) is 11.4 Å². The molecule has 1 aromatic carbocycles. The van der Waals surface area contributed by atoms with E-state index < -0.39 is 10.5 Å². The van der Waals surface area contributed by atoms with Crippen molar-refractivity contribution >= 4 is 5.69 Å². The predicted molar refractivity (Wildman–Crippen MR) is 60.6 cm³/mol. The highest BCUT2D eigenvalue weighted by Gasteiger charge is 2.36. The summed E-state index contributed by atoms with van der Waals surface area (Å²) in [5, 5.41) is 10.6. The Balaban J connectivity index is 2.38. The molecular formula is C12H13NO3. The van der Waals surface area contributed by atoms with Crippen LogP contribution in [-0.4, -0.2) is 10.5 Å². The lowest BCUT2D eigenvalue weighted by Crippen LogP contribution is -2.30. The predicted octanol–water partition coefficient (Wildman–Crippen LogP) is 2.86. The third kappa shape index (κ3) is 1.56. The topological polar surface area (TPSA) is 52.4 Å². The van der Waals surface area contributed by atoms with Gasteiger partial charge in [-0.3, -0.25) is 10.1 Å². The molecule has 0 saturated heterocycles. The number of nitro groups is 1. The Kier molecular flexibility index (Phi) is 2.22. The van der Waals surface area contributed by atoms with Crippen LogP contribution in [0.3, 0.4) is 0 Å². The van der Waals surface area contributed by atoms with Crippen LogP contribution in [-0.2, 0) is 6.42 Å². The van der Waals surface area contributed by atoms with Crippen molar-refractivity contribution in [2.75, 3.05) is 0 Å². The lowest BCUT2D eigenvalue weighted by Gasteiger charge is -2.23. The normalized spacial score (nSPS) is 22.4. The van der Waals surface area contributed by atoms with Crippen molar-refractivity contribution in [2.45, 2.75) is 25.9 Å². The van der Waals surface area contributed by atoms with Crippen molar-refractivity contribution in [2.24, 2.45) is 0 Å². The lowest BCUT2D eigenvalue weighted by molar-refractivity contribution is -0.384. The van der Waals surface area contributed by atoms with E-state index in [2.05, 4.69) is 6.58 Å². The molecule has 0 saturated carbocycles. The summed E-state index contributed by atoms with van der Waals surface area (Å²) in [7, 11) is 0. The maximum Gasteiger partial charge on any atom is 0.269 e. The molecule has 1 heterocycles. The average Bonchev–Trinajstić information content (AvgIpc) is 2.54. The zero-order valence-electron chi connectivity index (χ0n) is 9.32. The van der Waals surface area contributed by atoms with Gasteiger partial charge in [0.15, 0.2) is 0 Å². The maximum atomic E-state index is 10.6. The molecule has 1 aliphatic heterocycles. The quantitative estimate of drug-likeness (QED) is 0.436. The molecule has 84 valence electrons. The highest BCUT2D eigenvalue weighted by Crippen LogP contribution is 2.39. The molecule has 0 N–H and O–H groups in total. The van der Waals surface area contributed by atoms with E-state index in [1.807, 2.05) is 13.8 Å². The number of rotatable bonds is 2. The van der Waals surface area contributed by atoms with Crippen LogP contribution in [0.15, 0.2) is 30.4 Å². The number of benzene rings is 1. The Labute approximate surface area is 93.7 Å². The molecule has 1 atom stereocenters. The van der Waals surface area contributed by atoms with Crippen molar-refractivity contribution in [3.05, 3.63) is 46.0 Å². The van der Waals surface area contributed by atoms with Gasteiger partial charge >= 0.3 is 0 Å². The minimum Gasteiger partial charge on any atom is -0.483 e. The first-order chi connectivity index (χ1) is 7.42. The average molecular weight is 219 g/mol. The largest absolute Gasteiger partial charge is 0.483 e.